The Morgan fingerprint density at radius 2 is 2.00 bits per heavy atom. The Labute approximate surface area is 204 Å². The summed E-state index contributed by atoms with van der Waals surface area (Å²) in [5.41, 5.74) is 8.09. The smallest absolute Gasteiger partial charge is 0.216 e. The molecule has 0 aromatic carbocycles. The van der Waals surface area contributed by atoms with E-state index in [-0.39, 0.29) is 5.30 Å². The van der Waals surface area contributed by atoms with E-state index in [9.17, 15) is 4.39 Å². The Hall–Kier alpha value is -2.37. The number of nitrogens with zero attached hydrogens (tertiary/aromatic N) is 5. The third-order valence-corrected chi connectivity index (χ3v) is 5.92. The Kier molecular flexibility index (Phi) is 7.86. The lowest BCUT2D eigenvalue weighted by atomic mass is 9.52. The molecule has 0 bridgehead atoms. The molecule has 14 heteroatoms. The first kappa shape index (κ1) is 25.3. The van der Waals surface area contributed by atoms with E-state index in [0.29, 0.717) is 51.3 Å². The fourth-order valence-electron chi connectivity index (χ4n) is 3.02. The van der Waals surface area contributed by atoms with Crippen LogP contribution in [-0.4, -0.2) is 72.3 Å². The molecule has 3 aromatic heterocycles. The van der Waals surface area contributed by atoms with Gasteiger partial charge in [-0.25, -0.2) is 19.9 Å². The van der Waals surface area contributed by atoms with Crippen LogP contribution in [0.25, 0.3) is 11.0 Å². The van der Waals surface area contributed by atoms with Crippen molar-refractivity contribution in [3.8, 4) is 0 Å². The number of rotatable bonds is 8. The van der Waals surface area contributed by atoms with Gasteiger partial charge in [-0.2, -0.15) is 4.39 Å². The number of halogens is 2. The summed E-state index contributed by atoms with van der Waals surface area (Å²) in [5, 5.41) is 3.67. The highest BCUT2D eigenvalue weighted by atomic mass is 35.5. The van der Waals surface area contributed by atoms with Crippen LogP contribution < -0.4 is 11.1 Å². The van der Waals surface area contributed by atoms with Crippen molar-refractivity contribution in [2.75, 3.05) is 19.0 Å². The first-order chi connectivity index (χ1) is 15.5. The molecule has 1 atom stereocenters. The molecule has 0 spiro atoms. The summed E-state index contributed by atoms with van der Waals surface area (Å²) in [6.45, 7) is 2.31. The van der Waals surface area contributed by atoms with Crippen LogP contribution >= 0.6 is 23.4 Å². The van der Waals surface area contributed by atoms with Gasteiger partial charge >= 0.3 is 0 Å². The molecular formula is C19H24B3ClFN7OS. The van der Waals surface area contributed by atoms with Gasteiger partial charge in [0, 0.05) is 23.6 Å². The van der Waals surface area contributed by atoms with Gasteiger partial charge in [-0.05, 0) is 30.8 Å². The molecule has 3 rings (SSSR count). The number of aromatic nitrogens is 4. The van der Waals surface area contributed by atoms with E-state index in [4.69, 9.17) is 22.1 Å². The van der Waals surface area contributed by atoms with Gasteiger partial charge in [0.1, 0.15) is 35.4 Å². The summed E-state index contributed by atoms with van der Waals surface area (Å²) in [6.07, 6.45) is 4.65. The molecule has 170 valence electrons. The van der Waals surface area contributed by atoms with Crippen molar-refractivity contribution >= 4 is 74.6 Å². The van der Waals surface area contributed by atoms with E-state index in [1.54, 1.807) is 19.2 Å². The fourth-order valence-corrected chi connectivity index (χ4v) is 4.11. The Balaban J connectivity index is 1.89. The third-order valence-electron chi connectivity index (χ3n) is 4.56. The van der Waals surface area contributed by atoms with Crippen LogP contribution in [0.2, 0.25) is 5.02 Å². The van der Waals surface area contributed by atoms with Crippen molar-refractivity contribution in [3.05, 3.63) is 47.4 Å². The molecule has 0 aliphatic heterocycles. The van der Waals surface area contributed by atoms with E-state index in [1.807, 2.05) is 30.5 Å². The van der Waals surface area contributed by atoms with E-state index in [0.717, 1.165) is 0 Å². The zero-order valence-electron chi connectivity index (χ0n) is 19.2. The summed E-state index contributed by atoms with van der Waals surface area (Å²) in [7, 11) is 7.52. The number of fused-ring (bicyclic) bond motifs is 1. The van der Waals surface area contributed by atoms with E-state index >= 15 is 0 Å². The van der Waals surface area contributed by atoms with E-state index in [2.05, 4.69) is 30.2 Å². The minimum absolute atomic E-state index is 0.316. The van der Waals surface area contributed by atoms with Gasteiger partial charge in [0.2, 0.25) is 5.95 Å². The van der Waals surface area contributed by atoms with Gasteiger partial charge in [0.15, 0.2) is 11.0 Å². The van der Waals surface area contributed by atoms with Gasteiger partial charge < -0.3 is 15.8 Å². The van der Waals surface area contributed by atoms with Gasteiger partial charge in [0.05, 0.1) is 29.0 Å². The lowest BCUT2D eigenvalue weighted by molar-refractivity contribution is 0.109. The van der Waals surface area contributed by atoms with Crippen LogP contribution in [-0.2, 0) is 11.2 Å². The molecular weight excluding hydrogens is 461 g/mol. The maximum absolute atomic E-state index is 14.7. The summed E-state index contributed by atoms with van der Waals surface area (Å²) in [5.74, 6) is -0.0980. The average Bonchev–Trinajstić information content (AvgIpc) is 2.74. The average molecular weight is 485 g/mol. The number of thioether (sulfide) groups is 1. The fraction of sp³-hybridized carbons (Fsp3) is 0.316. The minimum atomic E-state index is -0.571. The van der Waals surface area contributed by atoms with Crippen LogP contribution in [0.1, 0.15) is 12.5 Å². The van der Waals surface area contributed by atoms with Crippen LogP contribution in [0.5, 0.6) is 0 Å². The molecule has 33 heavy (non-hydrogen) atoms. The molecule has 3 aromatic rings. The SMILES string of the molecule is BC(B)(B)OC[C@@](C)(Cc1cc(Nc2ncnc3cc(Cl)cnc23)cnc1F)S/C(N)=N\C. The zero-order valence-corrected chi connectivity index (χ0v) is 20.8. The highest BCUT2D eigenvalue weighted by Gasteiger charge is 2.31. The lowest BCUT2D eigenvalue weighted by Gasteiger charge is -2.32. The number of nitrogens with two attached hydrogens (primary N) is 1. The molecule has 0 saturated heterocycles. The number of hydrogen-bond donors (Lipinski definition) is 2. The van der Waals surface area contributed by atoms with Crippen LogP contribution in [0.4, 0.5) is 15.9 Å². The molecule has 0 amide bonds. The maximum Gasteiger partial charge on any atom is 0.216 e. The largest absolute Gasteiger partial charge is 0.399 e. The summed E-state index contributed by atoms with van der Waals surface area (Å²) in [4.78, 5) is 20.7. The first-order valence-corrected chi connectivity index (χ1v) is 11.4. The molecule has 3 heterocycles. The first-order valence-electron chi connectivity index (χ1n) is 10.2. The van der Waals surface area contributed by atoms with Gasteiger partial charge in [-0.1, -0.05) is 23.4 Å². The topological polar surface area (TPSA) is 111 Å². The van der Waals surface area contributed by atoms with Crippen LogP contribution in [0.15, 0.2) is 35.8 Å². The predicted octanol–water partition coefficient (Wildman–Crippen LogP) is 0.462. The Bertz CT molecular complexity index is 1180. The van der Waals surface area contributed by atoms with Gasteiger partial charge in [-0.3, -0.25) is 4.99 Å². The van der Waals surface area contributed by atoms with Gasteiger partial charge in [0.25, 0.3) is 0 Å². The number of amidine groups is 1. The Morgan fingerprint density at radius 3 is 2.70 bits per heavy atom. The highest BCUT2D eigenvalue weighted by Crippen LogP contribution is 2.32. The number of pyridine rings is 2. The Morgan fingerprint density at radius 1 is 1.24 bits per heavy atom. The standard InChI is InChI=1S/C19H24B3ClFN7OS/c1-18(33-17(25)26-2,8-32-19(20,21)22)5-10-3-12(7-28-15(10)24)31-16-14-13(29-9-30-16)4-11(23)6-27-14/h3-4,6-7,9H,5,8,20-22H2,1-2H3,(H2,25,26)(H,29,30,31)/t18-/m1/s1. The van der Waals surface area contributed by atoms with Crippen LogP contribution in [0, 0.1) is 5.95 Å². The number of anilines is 2. The lowest BCUT2D eigenvalue weighted by Crippen LogP contribution is -2.42. The molecule has 0 aliphatic rings. The summed E-state index contributed by atoms with van der Waals surface area (Å²) >= 11 is 7.36. The van der Waals surface area contributed by atoms with E-state index < -0.39 is 10.7 Å². The molecule has 3 N–H and O–H groups in total. The minimum Gasteiger partial charge on any atom is -0.399 e. The number of nitrogens with one attached hydrogen (secondary N) is 1. The monoisotopic (exact) mass is 485 g/mol. The quantitative estimate of drug-likeness (QED) is 0.205. The van der Waals surface area contributed by atoms with Crippen molar-refractivity contribution in [1.82, 2.24) is 19.9 Å². The molecule has 0 unspecified atom stereocenters. The van der Waals surface area contributed by atoms with Crippen molar-refractivity contribution in [2.24, 2.45) is 10.7 Å². The zero-order chi connectivity index (χ0) is 24.2. The van der Waals surface area contributed by atoms with Crippen molar-refractivity contribution < 1.29 is 9.13 Å². The second-order valence-electron chi connectivity index (χ2n) is 8.73. The molecule has 0 radical (unpaired) electrons. The second-order valence-corrected chi connectivity index (χ2v) is 10.8. The summed E-state index contributed by atoms with van der Waals surface area (Å²) in [6, 6.07) is 3.39. The van der Waals surface area contributed by atoms with Crippen molar-refractivity contribution in [2.45, 2.75) is 23.4 Å². The number of hydrogen-bond acceptors (Lipinski definition) is 8. The van der Waals surface area contributed by atoms with Gasteiger partial charge in [-0.15, -0.1) is 0 Å². The number of ether oxygens (including phenoxy) is 1. The second kappa shape index (κ2) is 10.3. The molecule has 0 saturated carbocycles. The van der Waals surface area contributed by atoms with E-state index in [1.165, 1.54) is 30.5 Å². The summed E-state index contributed by atoms with van der Waals surface area (Å²) < 4.78 is 20.2. The van der Waals surface area contributed by atoms with Crippen LogP contribution in [0.3, 0.4) is 0 Å². The third kappa shape index (κ3) is 7.06. The predicted molar refractivity (Wildman–Crippen MR) is 141 cm³/mol. The normalized spacial score (nSPS) is 14.2. The van der Waals surface area contributed by atoms with Crippen molar-refractivity contribution in [3.63, 3.8) is 0 Å². The number of aliphatic imine (C=N–C) groups is 1. The molecule has 0 fully saturated rings. The maximum atomic E-state index is 14.7. The molecule has 0 aliphatic carbocycles. The molecule has 8 nitrogen and oxygen atoms in total. The van der Waals surface area contributed by atoms with Crippen molar-refractivity contribution in [1.29, 1.82) is 0 Å². The highest BCUT2D eigenvalue weighted by molar-refractivity contribution is 8.15.